The van der Waals surface area contributed by atoms with Crippen LogP contribution in [0.5, 0.6) is 0 Å². The van der Waals surface area contributed by atoms with Crippen LogP contribution in [0.2, 0.25) is 0 Å². The summed E-state index contributed by atoms with van der Waals surface area (Å²) >= 11 is 0. The maximum absolute atomic E-state index is 12.0. The van der Waals surface area contributed by atoms with Crippen molar-refractivity contribution in [3.63, 3.8) is 0 Å². The summed E-state index contributed by atoms with van der Waals surface area (Å²) in [6.45, 7) is 4.16. The van der Waals surface area contributed by atoms with E-state index < -0.39 is 10.1 Å². The van der Waals surface area contributed by atoms with E-state index in [9.17, 15) is 8.42 Å². The van der Waals surface area contributed by atoms with E-state index >= 15 is 0 Å². The van der Waals surface area contributed by atoms with Crippen LogP contribution in [0.15, 0.2) is 53.7 Å². The SMILES string of the molecule is CCCCCCCCCCC=CCC=COS(=O)(=O)c1ccc(C)cc1. The lowest BCUT2D eigenvalue weighted by Crippen LogP contribution is -2.01. The summed E-state index contributed by atoms with van der Waals surface area (Å²) in [5, 5.41) is 0. The number of allylic oxidation sites excluding steroid dienone is 3. The molecule has 1 aromatic carbocycles. The molecule has 0 aliphatic rings. The summed E-state index contributed by atoms with van der Waals surface area (Å²) in [5.41, 5.74) is 1.01. The molecule has 0 unspecified atom stereocenters. The van der Waals surface area contributed by atoms with Crippen molar-refractivity contribution in [3.05, 3.63) is 54.3 Å². The van der Waals surface area contributed by atoms with Crippen LogP contribution >= 0.6 is 0 Å². The monoisotopic (exact) mass is 378 g/mol. The Morgan fingerprint density at radius 2 is 1.46 bits per heavy atom. The third kappa shape index (κ3) is 10.4. The Morgan fingerprint density at radius 1 is 0.846 bits per heavy atom. The fourth-order valence-corrected chi connectivity index (χ4v) is 3.42. The summed E-state index contributed by atoms with van der Waals surface area (Å²) in [7, 11) is -3.70. The van der Waals surface area contributed by atoms with E-state index in [4.69, 9.17) is 4.18 Å². The number of rotatable bonds is 14. The summed E-state index contributed by atoms with van der Waals surface area (Å²) in [6, 6.07) is 6.63. The average Bonchev–Trinajstić information content (AvgIpc) is 2.62. The number of hydrogen-bond donors (Lipinski definition) is 0. The normalized spacial score (nSPS) is 12.2. The molecule has 0 amide bonds. The Bertz CT molecular complexity index is 628. The highest BCUT2D eigenvalue weighted by molar-refractivity contribution is 7.86. The molecule has 26 heavy (non-hydrogen) atoms. The zero-order valence-electron chi connectivity index (χ0n) is 16.3. The van der Waals surface area contributed by atoms with Crippen LogP contribution < -0.4 is 0 Å². The first-order valence-electron chi connectivity index (χ1n) is 9.86. The van der Waals surface area contributed by atoms with Crippen molar-refractivity contribution in [1.29, 1.82) is 0 Å². The van der Waals surface area contributed by atoms with Crippen molar-refractivity contribution in [3.8, 4) is 0 Å². The van der Waals surface area contributed by atoms with Gasteiger partial charge in [-0.1, -0.05) is 81.7 Å². The molecule has 0 bridgehead atoms. The van der Waals surface area contributed by atoms with Gasteiger partial charge >= 0.3 is 10.1 Å². The van der Waals surface area contributed by atoms with Crippen LogP contribution in [0.4, 0.5) is 0 Å². The summed E-state index contributed by atoms with van der Waals surface area (Å²) in [6.07, 6.45) is 19.6. The fourth-order valence-electron chi connectivity index (χ4n) is 2.62. The fraction of sp³-hybridized carbons (Fsp3) is 0.545. The van der Waals surface area contributed by atoms with Crippen molar-refractivity contribution in [2.75, 3.05) is 0 Å². The Morgan fingerprint density at radius 3 is 2.12 bits per heavy atom. The van der Waals surface area contributed by atoms with Crippen LogP contribution in [0, 0.1) is 6.92 Å². The van der Waals surface area contributed by atoms with E-state index in [1.807, 2.05) is 6.92 Å². The summed E-state index contributed by atoms with van der Waals surface area (Å²) in [4.78, 5) is 0.179. The molecule has 0 fully saturated rings. The summed E-state index contributed by atoms with van der Waals surface area (Å²) in [5.74, 6) is 0. The van der Waals surface area contributed by atoms with Crippen molar-refractivity contribution < 1.29 is 12.6 Å². The molecule has 0 heterocycles. The van der Waals surface area contributed by atoms with Crippen LogP contribution in [0.1, 0.15) is 76.7 Å². The van der Waals surface area contributed by atoms with Gasteiger partial charge in [-0.25, -0.2) is 0 Å². The minimum Gasteiger partial charge on any atom is -0.387 e. The zero-order valence-corrected chi connectivity index (χ0v) is 17.1. The van der Waals surface area contributed by atoms with Gasteiger partial charge in [0, 0.05) is 0 Å². The van der Waals surface area contributed by atoms with Crippen LogP contribution in [-0.4, -0.2) is 8.42 Å². The van der Waals surface area contributed by atoms with Gasteiger partial charge in [-0.15, -0.1) is 0 Å². The minimum absolute atomic E-state index is 0.179. The van der Waals surface area contributed by atoms with Gasteiger partial charge in [-0.2, -0.15) is 8.42 Å². The highest BCUT2D eigenvalue weighted by Gasteiger charge is 2.12. The second-order valence-corrected chi connectivity index (χ2v) is 8.28. The first-order valence-corrected chi connectivity index (χ1v) is 11.3. The van der Waals surface area contributed by atoms with Crippen LogP contribution in [-0.2, 0) is 14.3 Å². The van der Waals surface area contributed by atoms with Gasteiger partial charge in [0.25, 0.3) is 0 Å². The average molecular weight is 379 g/mol. The Labute approximate surface area is 160 Å². The topological polar surface area (TPSA) is 43.4 Å². The Kier molecular flexibility index (Phi) is 11.8. The van der Waals surface area contributed by atoms with E-state index in [-0.39, 0.29) is 4.90 Å². The first kappa shape index (κ1) is 22.5. The molecule has 0 N–H and O–H groups in total. The molecule has 3 nitrogen and oxygen atoms in total. The van der Waals surface area contributed by atoms with E-state index in [2.05, 4.69) is 19.1 Å². The number of hydrogen-bond acceptors (Lipinski definition) is 3. The second-order valence-electron chi connectivity index (χ2n) is 6.71. The molecule has 0 aliphatic heterocycles. The van der Waals surface area contributed by atoms with Crippen molar-refractivity contribution >= 4 is 10.1 Å². The highest BCUT2D eigenvalue weighted by Crippen LogP contribution is 2.13. The lowest BCUT2D eigenvalue weighted by Gasteiger charge is -2.02. The van der Waals surface area contributed by atoms with Gasteiger partial charge in [0.2, 0.25) is 0 Å². The van der Waals surface area contributed by atoms with E-state index in [0.29, 0.717) is 6.42 Å². The van der Waals surface area contributed by atoms with Crippen molar-refractivity contribution in [2.24, 2.45) is 0 Å². The lowest BCUT2D eigenvalue weighted by atomic mass is 10.1. The maximum atomic E-state index is 12.0. The Hall–Kier alpha value is -1.55. The predicted molar refractivity (Wildman–Crippen MR) is 110 cm³/mol. The minimum atomic E-state index is -3.70. The third-order valence-electron chi connectivity index (χ3n) is 4.25. The third-order valence-corrected chi connectivity index (χ3v) is 5.47. The zero-order chi connectivity index (χ0) is 19.1. The Balaban J connectivity index is 2.09. The molecule has 0 saturated carbocycles. The van der Waals surface area contributed by atoms with Gasteiger partial charge in [0.15, 0.2) is 0 Å². The molecule has 0 saturated heterocycles. The van der Waals surface area contributed by atoms with Gasteiger partial charge in [-0.3, -0.25) is 0 Å². The van der Waals surface area contributed by atoms with E-state index in [0.717, 1.165) is 12.0 Å². The molecule has 1 aromatic rings. The number of unbranched alkanes of at least 4 members (excludes halogenated alkanes) is 8. The summed E-state index contributed by atoms with van der Waals surface area (Å²) < 4.78 is 28.9. The van der Waals surface area contributed by atoms with Crippen molar-refractivity contribution in [2.45, 2.75) is 83.0 Å². The van der Waals surface area contributed by atoms with Gasteiger partial charge < -0.3 is 4.18 Å². The molecule has 0 spiro atoms. The predicted octanol–water partition coefficient (Wildman–Crippen LogP) is 6.69. The highest BCUT2D eigenvalue weighted by atomic mass is 32.2. The number of aryl methyl sites for hydroxylation is 1. The standard InChI is InChI=1S/C22H34O3S/c1-3-4-5-6-7-8-9-10-11-12-13-14-15-20-25-26(23,24)22-18-16-21(2)17-19-22/h12-13,15-20H,3-11,14H2,1-2H3. The first-order chi connectivity index (χ1) is 12.6. The van der Waals surface area contributed by atoms with E-state index in [1.165, 1.54) is 57.6 Å². The number of benzene rings is 1. The second kappa shape index (κ2) is 13.6. The van der Waals surface area contributed by atoms with Gasteiger partial charge in [0.05, 0.1) is 0 Å². The maximum Gasteiger partial charge on any atom is 0.338 e. The van der Waals surface area contributed by atoms with Crippen LogP contribution in [0.25, 0.3) is 0 Å². The largest absolute Gasteiger partial charge is 0.387 e. The lowest BCUT2D eigenvalue weighted by molar-refractivity contribution is 0.442. The molecule has 0 atom stereocenters. The quantitative estimate of drug-likeness (QED) is 0.157. The molecule has 4 heteroatoms. The molecular weight excluding hydrogens is 344 g/mol. The molecule has 0 aromatic heterocycles. The van der Waals surface area contributed by atoms with Gasteiger partial charge in [0.1, 0.15) is 11.2 Å². The van der Waals surface area contributed by atoms with E-state index in [1.54, 1.807) is 30.3 Å². The van der Waals surface area contributed by atoms with Crippen LogP contribution in [0.3, 0.4) is 0 Å². The smallest absolute Gasteiger partial charge is 0.338 e. The molecule has 1 rings (SSSR count). The van der Waals surface area contributed by atoms with Gasteiger partial charge in [-0.05, 0) is 44.4 Å². The molecule has 146 valence electrons. The van der Waals surface area contributed by atoms with Crippen molar-refractivity contribution in [1.82, 2.24) is 0 Å². The molecule has 0 aliphatic carbocycles. The molecule has 0 radical (unpaired) electrons. The molecular formula is C22H34O3S.